The van der Waals surface area contributed by atoms with E-state index in [9.17, 15) is 13.2 Å². The number of thiazole rings is 1. The highest BCUT2D eigenvalue weighted by Gasteiger charge is 2.20. The van der Waals surface area contributed by atoms with E-state index < -0.39 is 10.3 Å². The number of carbonyl (C=O) groups is 1. The first-order valence-electron chi connectivity index (χ1n) is 10.3. The van der Waals surface area contributed by atoms with Crippen LogP contribution in [0.15, 0.2) is 53.9 Å². The summed E-state index contributed by atoms with van der Waals surface area (Å²) < 4.78 is 32.9. The highest BCUT2D eigenvalue weighted by molar-refractivity contribution is 7.87. The first-order chi connectivity index (χ1) is 15.2. The van der Waals surface area contributed by atoms with Gasteiger partial charge in [-0.25, -0.2) is 4.98 Å². The third-order valence-corrected chi connectivity index (χ3v) is 6.80. The Morgan fingerprint density at radius 2 is 1.94 bits per heavy atom. The molecule has 0 aliphatic rings. The van der Waals surface area contributed by atoms with Crippen LogP contribution in [0, 0.1) is 0 Å². The van der Waals surface area contributed by atoms with Crippen LogP contribution in [0.25, 0.3) is 0 Å². The van der Waals surface area contributed by atoms with Crippen LogP contribution in [0.1, 0.15) is 47.5 Å². The molecule has 0 saturated heterocycles. The van der Waals surface area contributed by atoms with Crippen LogP contribution < -0.4 is 4.72 Å². The fraction of sp³-hybridized carbons (Fsp3) is 0.304. The first-order valence-corrected chi connectivity index (χ1v) is 13.0. The Labute approximate surface area is 197 Å². The number of nitrogens with one attached hydrogen (secondary N) is 1. The molecule has 2 aromatic carbocycles. The quantitative estimate of drug-likeness (QED) is 0.345. The molecule has 170 valence electrons. The normalized spacial score (nSPS) is 12.5. The Balaban J connectivity index is 1.70. The number of hydrogen-bond acceptors (Lipinski definition) is 5. The lowest BCUT2D eigenvalue weighted by Crippen LogP contribution is -2.12. The number of halogens is 1. The van der Waals surface area contributed by atoms with E-state index in [0.717, 1.165) is 28.2 Å². The summed E-state index contributed by atoms with van der Waals surface area (Å²) in [4.78, 5) is 17.5. The van der Waals surface area contributed by atoms with Gasteiger partial charge < -0.3 is 0 Å². The summed E-state index contributed by atoms with van der Waals surface area (Å²) >= 11 is 7.60. The monoisotopic (exact) mass is 492 g/mol. The zero-order chi connectivity index (χ0) is 23.1. The summed E-state index contributed by atoms with van der Waals surface area (Å²) in [6, 6.07) is 14.3. The van der Waals surface area contributed by atoms with E-state index in [-0.39, 0.29) is 17.4 Å². The molecule has 9 heteroatoms. The van der Waals surface area contributed by atoms with Gasteiger partial charge in [0.05, 0.1) is 16.4 Å². The highest BCUT2D eigenvalue weighted by atomic mass is 35.5. The van der Waals surface area contributed by atoms with E-state index in [2.05, 4.69) is 0 Å². The van der Waals surface area contributed by atoms with Gasteiger partial charge in [-0.2, -0.15) is 8.42 Å². The fourth-order valence-electron chi connectivity index (χ4n) is 3.41. The van der Waals surface area contributed by atoms with Gasteiger partial charge in [-0.15, -0.1) is 11.3 Å². The van der Waals surface area contributed by atoms with Crippen LogP contribution >= 0.6 is 22.9 Å². The number of aryl methyl sites for hydroxylation is 2. The predicted molar refractivity (Wildman–Crippen MR) is 129 cm³/mol. The number of rotatable bonds is 11. The third-order valence-electron chi connectivity index (χ3n) is 5.02. The minimum absolute atomic E-state index is 0.0625. The Kier molecular flexibility index (Phi) is 8.42. The van der Waals surface area contributed by atoms with E-state index in [1.807, 2.05) is 41.3 Å². The Bertz CT molecular complexity index is 1160. The molecule has 0 aliphatic heterocycles. The predicted octanol–water partition coefficient (Wildman–Crippen LogP) is 5.49. The molecule has 0 radical (unpaired) electrons. The van der Waals surface area contributed by atoms with E-state index in [1.54, 1.807) is 35.6 Å². The molecule has 0 bridgehead atoms. The van der Waals surface area contributed by atoms with Crippen molar-refractivity contribution in [2.75, 3.05) is 4.72 Å². The molecule has 6 nitrogen and oxygen atoms in total. The molecule has 1 atom stereocenters. The summed E-state index contributed by atoms with van der Waals surface area (Å²) in [6.07, 6.45) is 2.89. The lowest BCUT2D eigenvalue weighted by Gasteiger charge is -2.15. The molecule has 3 rings (SSSR count). The molecule has 0 unspecified atom stereocenters. The maximum atomic E-state index is 12.8. The van der Waals surface area contributed by atoms with Crippen molar-refractivity contribution < 1.29 is 17.8 Å². The van der Waals surface area contributed by atoms with Crippen molar-refractivity contribution in [3.63, 3.8) is 0 Å². The Morgan fingerprint density at radius 3 is 2.56 bits per heavy atom. The summed E-state index contributed by atoms with van der Waals surface area (Å²) in [5.74, 6) is 0.0976. The van der Waals surface area contributed by atoms with Gasteiger partial charge in [0.25, 0.3) is 0 Å². The topological polar surface area (TPSA) is 96.4 Å². The van der Waals surface area contributed by atoms with Crippen molar-refractivity contribution in [3.8, 4) is 0 Å². The minimum Gasteiger partial charge on any atom is -0.300 e. The van der Waals surface area contributed by atoms with Crippen molar-refractivity contribution in [1.82, 2.24) is 4.98 Å². The molecule has 3 aromatic rings. The highest BCUT2D eigenvalue weighted by Crippen LogP contribution is 2.29. The molecular formula is C23H25ClN2O4S2. The molecule has 0 amide bonds. The van der Waals surface area contributed by atoms with Gasteiger partial charge in [0, 0.05) is 29.2 Å². The van der Waals surface area contributed by atoms with E-state index >= 15 is 0 Å². The first kappa shape index (κ1) is 24.4. The van der Waals surface area contributed by atoms with Gasteiger partial charge in [0.1, 0.15) is 5.78 Å². The summed E-state index contributed by atoms with van der Waals surface area (Å²) in [6.45, 7) is 2.05. The molecule has 0 fully saturated rings. The Morgan fingerprint density at radius 1 is 1.19 bits per heavy atom. The molecule has 0 spiro atoms. The van der Waals surface area contributed by atoms with Gasteiger partial charge >= 0.3 is 10.3 Å². The lowest BCUT2D eigenvalue weighted by molar-refractivity contribution is -0.119. The molecule has 32 heavy (non-hydrogen) atoms. The van der Waals surface area contributed by atoms with Crippen LogP contribution in [0.4, 0.5) is 5.69 Å². The van der Waals surface area contributed by atoms with Gasteiger partial charge in [0.15, 0.2) is 0 Å². The van der Waals surface area contributed by atoms with E-state index in [0.29, 0.717) is 30.7 Å². The number of benzene rings is 2. The minimum atomic E-state index is -4.32. The Hall–Kier alpha value is -2.26. The number of Topliss-reactive ketones (excluding diaryl/α,β-unsaturated/α-hetero) is 1. The number of hydrogen-bond donors (Lipinski definition) is 2. The average Bonchev–Trinajstić information content (AvgIpc) is 3.21. The lowest BCUT2D eigenvalue weighted by atomic mass is 9.92. The van der Waals surface area contributed by atoms with E-state index in [1.165, 1.54) is 0 Å². The molecule has 2 N–H and O–H groups in total. The van der Waals surface area contributed by atoms with Crippen molar-refractivity contribution in [2.45, 2.75) is 44.9 Å². The molecule has 0 saturated carbocycles. The zero-order valence-electron chi connectivity index (χ0n) is 17.6. The smallest absolute Gasteiger partial charge is 0.300 e. The summed E-state index contributed by atoms with van der Waals surface area (Å²) in [5, 5.41) is 3.62. The van der Waals surface area contributed by atoms with Gasteiger partial charge in [-0.05, 0) is 54.7 Å². The van der Waals surface area contributed by atoms with Gasteiger partial charge in [-0.1, -0.05) is 42.8 Å². The van der Waals surface area contributed by atoms with Crippen LogP contribution in [0.2, 0.25) is 5.02 Å². The number of carbonyl (C=O) groups excluding carboxylic acids is 1. The molecular weight excluding hydrogens is 468 g/mol. The largest absolute Gasteiger partial charge is 0.357 e. The second-order valence-corrected chi connectivity index (χ2v) is 10.1. The van der Waals surface area contributed by atoms with Crippen molar-refractivity contribution in [1.29, 1.82) is 0 Å². The van der Waals surface area contributed by atoms with Crippen LogP contribution in [-0.2, 0) is 34.4 Å². The SMILES string of the molecule is CCc1csc([C@@H](CC(=O)CCc2cccc(Cl)c2)Cc2ccc(NS(=O)(=O)O)cc2)n1. The number of aromatic nitrogens is 1. The van der Waals surface area contributed by atoms with Crippen LogP contribution in [-0.4, -0.2) is 23.7 Å². The van der Waals surface area contributed by atoms with Crippen LogP contribution in [0.5, 0.6) is 0 Å². The maximum absolute atomic E-state index is 12.8. The second-order valence-electron chi connectivity index (χ2n) is 7.58. The summed E-state index contributed by atoms with van der Waals surface area (Å²) in [7, 11) is -4.32. The standard InChI is InChI=1S/C23H25ClN2O4S2/c1-2-20-15-31-23(25-20)18(12-17-6-9-21(10-7-17)26-32(28,29)30)14-22(27)11-8-16-4-3-5-19(24)13-16/h3-7,9-10,13,15,18,26H,2,8,11-12,14H2,1H3,(H,28,29,30)/t18-/m1/s1. The van der Waals surface area contributed by atoms with Crippen molar-refractivity contribution >= 4 is 44.7 Å². The third kappa shape index (κ3) is 7.70. The van der Waals surface area contributed by atoms with Crippen molar-refractivity contribution in [3.05, 3.63) is 80.8 Å². The van der Waals surface area contributed by atoms with Gasteiger partial charge in [-0.3, -0.25) is 14.1 Å². The fourth-order valence-corrected chi connectivity index (χ4v) is 5.07. The van der Waals surface area contributed by atoms with E-state index in [4.69, 9.17) is 21.1 Å². The molecule has 1 heterocycles. The number of nitrogens with zero attached hydrogens (tertiary/aromatic N) is 1. The number of anilines is 1. The maximum Gasteiger partial charge on any atom is 0.357 e. The molecule has 1 aromatic heterocycles. The molecule has 0 aliphatic carbocycles. The second kappa shape index (κ2) is 11.0. The average molecular weight is 493 g/mol. The van der Waals surface area contributed by atoms with Crippen LogP contribution in [0.3, 0.4) is 0 Å². The zero-order valence-corrected chi connectivity index (χ0v) is 20.0. The van der Waals surface area contributed by atoms with Gasteiger partial charge in [0.2, 0.25) is 0 Å². The van der Waals surface area contributed by atoms with Crippen molar-refractivity contribution in [2.24, 2.45) is 0 Å². The summed E-state index contributed by atoms with van der Waals surface area (Å²) in [5.41, 5.74) is 3.26. The number of ketones is 1.